The Kier molecular flexibility index (Phi) is 8.42. The van der Waals surface area contributed by atoms with Gasteiger partial charge in [0.05, 0.1) is 18.2 Å². The third-order valence-electron chi connectivity index (χ3n) is 5.73. The summed E-state index contributed by atoms with van der Waals surface area (Å²) < 4.78 is 5.64. The van der Waals surface area contributed by atoms with Crippen molar-refractivity contribution in [3.05, 3.63) is 40.4 Å². The van der Waals surface area contributed by atoms with Crippen LogP contribution in [-0.4, -0.2) is 38.4 Å². The molecule has 1 aliphatic carbocycles. The lowest BCUT2D eigenvalue weighted by molar-refractivity contribution is 0.103. The molecule has 0 spiro atoms. The van der Waals surface area contributed by atoms with Gasteiger partial charge in [0.15, 0.2) is 11.0 Å². The van der Waals surface area contributed by atoms with E-state index in [4.69, 9.17) is 27.2 Å². The Hall–Kier alpha value is -2.62. The van der Waals surface area contributed by atoms with E-state index in [1.54, 1.807) is 0 Å². The van der Waals surface area contributed by atoms with Crippen LogP contribution in [0.5, 0.6) is 0 Å². The van der Waals surface area contributed by atoms with Crippen molar-refractivity contribution < 1.29 is 14.6 Å². The molecule has 1 aliphatic heterocycles. The number of carboxylic acid groups (broad SMARTS) is 1. The van der Waals surface area contributed by atoms with Gasteiger partial charge in [-0.15, -0.1) is 0 Å². The molecule has 4 N–H and O–H groups in total. The quantitative estimate of drug-likeness (QED) is 0.292. The molecule has 3 aromatic rings. The van der Waals surface area contributed by atoms with Crippen molar-refractivity contribution >= 4 is 46.2 Å². The first-order valence-electron chi connectivity index (χ1n) is 11.4. The maximum absolute atomic E-state index is 10.5. The van der Waals surface area contributed by atoms with E-state index >= 15 is 0 Å². The summed E-state index contributed by atoms with van der Waals surface area (Å²) in [4.78, 5) is 23.6. The Morgan fingerprint density at radius 3 is 2.59 bits per heavy atom. The number of hydrogen-bond donors (Lipinski definition) is 3. The van der Waals surface area contributed by atoms with Crippen molar-refractivity contribution in [3.63, 3.8) is 0 Å². The van der Waals surface area contributed by atoms with Gasteiger partial charge in [0.2, 0.25) is 5.95 Å². The van der Waals surface area contributed by atoms with Gasteiger partial charge >= 0.3 is 6.09 Å². The van der Waals surface area contributed by atoms with Gasteiger partial charge in [-0.2, -0.15) is 9.97 Å². The third kappa shape index (κ3) is 6.08. The Morgan fingerprint density at radius 2 is 1.85 bits per heavy atom. The molecule has 34 heavy (non-hydrogen) atoms. The Labute approximate surface area is 207 Å². The van der Waals surface area contributed by atoms with E-state index in [1.165, 1.54) is 43.9 Å². The number of thioether (sulfide) groups is 1. The number of anilines is 1. The van der Waals surface area contributed by atoms with E-state index in [9.17, 15) is 4.79 Å². The van der Waals surface area contributed by atoms with Gasteiger partial charge in [-0.3, -0.25) is 0 Å². The van der Waals surface area contributed by atoms with Crippen molar-refractivity contribution in [1.29, 1.82) is 0 Å². The van der Waals surface area contributed by atoms with Gasteiger partial charge in [0, 0.05) is 17.9 Å². The number of ether oxygens (including phenoxy) is 1. The third-order valence-corrected chi connectivity index (χ3v) is 6.96. The summed E-state index contributed by atoms with van der Waals surface area (Å²) in [6.07, 6.45) is 7.10. The lowest BCUT2D eigenvalue weighted by Crippen LogP contribution is -2.22. The highest BCUT2D eigenvalue weighted by atomic mass is 35.5. The fourth-order valence-corrected chi connectivity index (χ4v) is 5.31. The van der Waals surface area contributed by atoms with Gasteiger partial charge in [-0.1, -0.05) is 73.7 Å². The highest BCUT2D eigenvalue weighted by Crippen LogP contribution is 2.39. The van der Waals surface area contributed by atoms with Crippen LogP contribution in [0.3, 0.4) is 0 Å². The van der Waals surface area contributed by atoms with Crippen molar-refractivity contribution in [2.75, 3.05) is 18.0 Å². The zero-order chi connectivity index (χ0) is 23.9. The second-order valence-corrected chi connectivity index (χ2v) is 9.70. The fraction of sp³-hybridized carbons (Fsp3) is 0.417. The Bertz CT molecular complexity index is 1170. The van der Waals surface area contributed by atoms with E-state index in [0.717, 1.165) is 27.5 Å². The maximum Gasteiger partial charge on any atom is 0.404 e. The van der Waals surface area contributed by atoms with E-state index in [2.05, 4.69) is 20.3 Å². The number of carbonyl (C=O) groups is 1. The van der Waals surface area contributed by atoms with E-state index in [-0.39, 0.29) is 5.95 Å². The highest BCUT2D eigenvalue weighted by molar-refractivity contribution is 7.99. The molecule has 180 valence electrons. The first-order valence-corrected chi connectivity index (χ1v) is 12.8. The second kappa shape index (κ2) is 11.7. The first kappa shape index (κ1) is 24.5. The summed E-state index contributed by atoms with van der Waals surface area (Å²) in [5.74, 6) is 1.17. The predicted octanol–water partition coefficient (Wildman–Crippen LogP) is 5.66. The SMILES string of the molecule is C1CCCC1.Nc1nc(SCCCNC(=O)O)nc(-c2c(Cl)cc3c4c(cccc24)COC3)n1. The molecule has 1 saturated carbocycles. The molecule has 0 saturated heterocycles. The number of hydrogen-bond acceptors (Lipinski definition) is 7. The molecule has 5 rings (SSSR count). The smallest absolute Gasteiger partial charge is 0.404 e. The summed E-state index contributed by atoms with van der Waals surface area (Å²) >= 11 is 8.00. The van der Waals surface area contributed by atoms with Crippen LogP contribution in [0.2, 0.25) is 5.02 Å². The highest BCUT2D eigenvalue weighted by Gasteiger charge is 2.21. The number of aromatic nitrogens is 3. The number of rotatable bonds is 6. The normalized spacial score (nSPS) is 14.5. The molecule has 8 nitrogen and oxygen atoms in total. The van der Waals surface area contributed by atoms with Crippen LogP contribution in [0.1, 0.15) is 49.7 Å². The zero-order valence-corrected chi connectivity index (χ0v) is 20.4. The van der Waals surface area contributed by atoms with Gasteiger partial charge in [0.25, 0.3) is 0 Å². The standard InChI is InChI=1S/C19H18ClN5O3S.C5H10/c20-13-7-11-9-28-8-10-3-1-4-12(14(10)11)15(13)16-23-17(21)25-18(24-16)29-6-2-5-22-19(26)27;1-2-4-5-3-1/h1,3-4,7,22H,2,5-6,8-9H2,(H,26,27)(H2,21,23,24,25);1-5H2. The van der Waals surface area contributed by atoms with Crippen molar-refractivity contribution in [1.82, 2.24) is 20.3 Å². The number of nitrogens with zero attached hydrogens (tertiary/aromatic N) is 3. The summed E-state index contributed by atoms with van der Waals surface area (Å²) in [5, 5.41) is 14.0. The van der Waals surface area contributed by atoms with Crippen LogP contribution in [0, 0.1) is 0 Å². The van der Waals surface area contributed by atoms with Gasteiger partial charge in [-0.05, 0) is 34.4 Å². The fourth-order valence-electron chi connectivity index (χ4n) is 4.21. The molecular formula is C24H28ClN5O3S. The van der Waals surface area contributed by atoms with Crippen molar-refractivity contribution in [2.45, 2.75) is 56.9 Å². The number of amides is 1. The topological polar surface area (TPSA) is 123 Å². The van der Waals surface area contributed by atoms with Crippen LogP contribution in [0.15, 0.2) is 29.4 Å². The predicted molar refractivity (Wildman–Crippen MR) is 135 cm³/mol. The summed E-state index contributed by atoms with van der Waals surface area (Å²) in [6.45, 7) is 1.42. The minimum absolute atomic E-state index is 0.112. The molecule has 0 atom stereocenters. The molecule has 1 aromatic heterocycles. The molecule has 0 unspecified atom stereocenters. The average molecular weight is 502 g/mol. The minimum Gasteiger partial charge on any atom is -0.465 e. The summed E-state index contributed by atoms with van der Waals surface area (Å²) in [5.41, 5.74) is 8.79. The molecule has 0 bridgehead atoms. The molecule has 2 aliphatic rings. The monoisotopic (exact) mass is 501 g/mol. The van der Waals surface area contributed by atoms with Gasteiger partial charge in [-0.25, -0.2) is 9.78 Å². The summed E-state index contributed by atoms with van der Waals surface area (Å²) in [7, 11) is 0. The summed E-state index contributed by atoms with van der Waals surface area (Å²) in [6, 6.07) is 7.90. The van der Waals surface area contributed by atoms with E-state index in [1.807, 2.05) is 24.3 Å². The van der Waals surface area contributed by atoms with Crippen LogP contribution in [0.25, 0.3) is 22.2 Å². The minimum atomic E-state index is -1.04. The van der Waals surface area contributed by atoms with Gasteiger partial charge < -0.3 is 20.9 Å². The zero-order valence-electron chi connectivity index (χ0n) is 18.8. The number of benzene rings is 2. The van der Waals surface area contributed by atoms with Crippen molar-refractivity contribution in [3.8, 4) is 11.4 Å². The van der Waals surface area contributed by atoms with Crippen molar-refractivity contribution in [2.24, 2.45) is 0 Å². The van der Waals surface area contributed by atoms with E-state index < -0.39 is 6.09 Å². The number of halogens is 1. The second-order valence-electron chi connectivity index (χ2n) is 8.23. The molecule has 10 heteroatoms. The van der Waals surface area contributed by atoms with Crippen LogP contribution >= 0.6 is 23.4 Å². The Balaban J connectivity index is 0.000000486. The average Bonchev–Trinajstić information content (AvgIpc) is 3.39. The molecule has 1 fully saturated rings. The largest absolute Gasteiger partial charge is 0.465 e. The molecule has 2 heterocycles. The number of nitrogen functional groups attached to an aromatic ring is 1. The van der Waals surface area contributed by atoms with Crippen LogP contribution < -0.4 is 11.1 Å². The number of nitrogens with one attached hydrogen (secondary N) is 1. The van der Waals surface area contributed by atoms with E-state index in [0.29, 0.717) is 47.9 Å². The van der Waals surface area contributed by atoms with Crippen LogP contribution in [0.4, 0.5) is 10.7 Å². The molecule has 0 radical (unpaired) electrons. The lowest BCUT2D eigenvalue weighted by atomic mass is 9.94. The maximum atomic E-state index is 10.5. The molecular weight excluding hydrogens is 474 g/mol. The molecule has 2 aromatic carbocycles. The number of nitrogens with two attached hydrogens (primary N) is 1. The molecule has 1 amide bonds. The Morgan fingerprint density at radius 1 is 1.12 bits per heavy atom. The van der Waals surface area contributed by atoms with Gasteiger partial charge in [0.1, 0.15) is 0 Å². The van der Waals surface area contributed by atoms with Crippen LogP contribution in [-0.2, 0) is 18.0 Å². The first-order chi connectivity index (χ1) is 16.5. The lowest BCUT2D eigenvalue weighted by Gasteiger charge is -2.20.